The smallest absolute Gasteiger partial charge is 0.444 e. The van der Waals surface area contributed by atoms with Crippen LogP contribution >= 0.6 is 0 Å². The molecular weight excluding hydrogens is 337 g/mol. The minimum atomic E-state index is -4.64. The van der Waals surface area contributed by atoms with Gasteiger partial charge in [-0.3, -0.25) is 4.79 Å². The number of carbonyl (C=O) groups is 2. The third-order valence-electron chi connectivity index (χ3n) is 2.79. The first-order valence-corrected chi connectivity index (χ1v) is 8.72. The van der Waals surface area contributed by atoms with E-state index >= 15 is 0 Å². The van der Waals surface area contributed by atoms with Gasteiger partial charge in [0.05, 0.1) is 0 Å². The number of aldehydes is 1. The van der Waals surface area contributed by atoms with Crippen molar-refractivity contribution in [3.63, 3.8) is 0 Å². The van der Waals surface area contributed by atoms with Crippen molar-refractivity contribution in [2.45, 2.75) is 78.0 Å². The predicted octanol–water partition coefficient (Wildman–Crippen LogP) is 4.21. The molecule has 0 saturated heterocycles. The van der Waals surface area contributed by atoms with Crippen molar-refractivity contribution in [2.24, 2.45) is 0 Å². The Bertz CT molecular complexity index is 343. The molecule has 0 rings (SSSR count). The van der Waals surface area contributed by atoms with Crippen LogP contribution in [0.25, 0.3) is 0 Å². The van der Waals surface area contributed by atoms with Gasteiger partial charge in [-0.1, -0.05) is 26.2 Å². The van der Waals surface area contributed by atoms with Crippen molar-refractivity contribution >= 4 is 12.4 Å². The van der Waals surface area contributed by atoms with E-state index in [1.165, 1.54) is 25.7 Å². The quantitative estimate of drug-likeness (QED) is 0.447. The number of alkyl halides is 3. The molecule has 0 heterocycles. The monoisotopic (exact) mass is 370 g/mol. The first-order chi connectivity index (χ1) is 11.5. The Kier molecular flexibility index (Phi) is 15.5. The minimum Gasteiger partial charge on any atom is -0.444 e. The van der Waals surface area contributed by atoms with E-state index in [9.17, 15) is 18.0 Å². The average molecular weight is 370 g/mol. The molecule has 0 aliphatic carbocycles. The third kappa shape index (κ3) is 27.8. The van der Waals surface area contributed by atoms with E-state index in [0.717, 1.165) is 25.9 Å². The van der Waals surface area contributed by atoms with Crippen LogP contribution in [0.15, 0.2) is 0 Å². The summed E-state index contributed by atoms with van der Waals surface area (Å²) in [6, 6.07) is 0. The summed E-state index contributed by atoms with van der Waals surface area (Å²) in [5.74, 6) is 0. The highest BCUT2D eigenvalue weighted by atomic mass is 19.4. The lowest BCUT2D eigenvalue weighted by Gasteiger charge is -2.19. The largest absolute Gasteiger partial charge is 0.446 e. The van der Waals surface area contributed by atoms with Crippen LogP contribution in [0.4, 0.5) is 18.0 Å². The number of carbonyl (C=O) groups excluding carboxylic acids is 2. The van der Waals surface area contributed by atoms with E-state index in [4.69, 9.17) is 9.53 Å². The van der Waals surface area contributed by atoms with E-state index in [0.29, 0.717) is 6.54 Å². The molecule has 0 atom stereocenters. The number of halogens is 3. The van der Waals surface area contributed by atoms with Gasteiger partial charge in [-0.25, -0.2) is 4.79 Å². The lowest BCUT2D eigenvalue weighted by molar-refractivity contribution is -0.156. The molecule has 0 aromatic heterocycles. The number of unbranched alkanes of at least 4 members (excludes halogenated alkanes) is 4. The van der Waals surface area contributed by atoms with Gasteiger partial charge in [0.25, 0.3) is 0 Å². The molecular formula is C17H33F3N2O3. The van der Waals surface area contributed by atoms with Gasteiger partial charge in [-0.05, 0) is 53.1 Å². The fourth-order valence-electron chi connectivity index (χ4n) is 1.68. The summed E-state index contributed by atoms with van der Waals surface area (Å²) in [5, 5.41) is 6.20. The van der Waals surface area contributed by atoms with E-state index in [-0.39, 0.29) is 6.09 Å². The fraction of sp³-hybridized carbons (Fsp3) is 0.882. The topological polar surface area (TPSA) is 67.4 Å². The summed E-state index contributed by atoms with van der Waals surface area (Å²) < 4.78 is 36.4. The molecule has 0 bridgehead atoms. The van der Waals surface area contributed by atoms with Crippen LogP contribution in [0, 0.1) is 0 Å². The lowest BCUT2D eigenvalue weighted by Crippen LogP contribution is -2.33. The van der Waals surface area contributed by atoms with Gasteiger partial charge < -0.3 is 15.4 Å². The first kappa shape index (κ1) is 25.9. The Balaban J connectivity index is 0. The molecule has 0 aliphatic heterocycles. The van der Waals surface area contributed by atoms with Gasteiger partial charge >= 0.3 is 12.3 Å². The Morgan fingerprint density at radius 3 is 1.88 bits per heavy atom. The van der Waals surface area contributed by atoms with Crippen LogP contribution < -0.4 is 10.6 Å². The second kappa shape index (κ2) is 15.0. The molecule has 0 aromatic rings. The molecule has 0 aromatic carbocycles. The van der Waals surface area contributed by atoms with Gasteiger partial charge in [0, 0.05) is 6.54 Å². The standard InChI is InChI=1S/C15H32N2O2.C2HF3O/c1-5-6-7-8-11-16-12-9-10-13-17-14(18)19-15(2,3)4;3-2(4,5)1-6/h16H,5-13H2,1-4H3,(H,17,18);1H. The van der Waals surface area contributed by atoms with E-state index < -0.39 is 18.1 Å². The minimum absolute atomic E-state index is 0.319. The Hall–Kier alpha value is -1.31. The number of amides is 1. The molecule has 150 valence electrons. The summed E-state index contributed by atoms with van der Waals surface area (Å²) in [5.41, 5.74) is -0.413. The van der Waals surface area contributed by atoms with Crippen molar-refractivity contribution in [1.29, 1.82) is 0 Å². The molecule has 0 saturated carbocycles. The summed E-state index contributed by atoms with van der Waals surface area (Å²) in [4.78, 5) is 20.0. The third-order valence-corrected chi connectivity index (χ3v) is 2.79. The Morgan fingerprint density at radius 1 is 0.960 bits per heavy atom. The van der Waals surface area contributed by atoms with Crippen LogP contribution in [0.1, 0.15) is 66.2 Å². The number of rotatable bonds is 10. The number of ether oxygens (including phenoxy) is 1. The van der Waals surface area contributed by atoms with Crippen LogP contribution in [-0.4, -0.2) is 43.8 Å². The van der Waals surface area contributed by atoms with Gasteiger partial charge in [-0.15, -0.1) is 0 Å². The van der Waals surface area contributed by atoms with Gasteiger partial charge in [0.15, 0.2) is 0 Å². The van der Waals surface area contributed by atoms with Crippen LogP contribution in [-0.2, 0) is 9.53 Å². The maximum atomic E-state index is 11.3. The highest BCUT2D eigenvalue weighted by molar-refractivity contribution is 5.67. The Morgan fingerprint density at radius 2 is 1.44 bits per heavy atom. The molecule has 25 heavy (non-hydrogen) atoms. The first-order valence-electron chi connectivity index (χ1n) is 8.72. The van der Waals surface area contributed by atoms with Crippen LogP contribution in [0.5, 0.6) is 0 Å². The van der Waals surface area contributed by atoms with Gasteiger partial charge in [-0.2, -0.15) is 13.2 Å². The molecule has 0 aliphatic rings. The number of hydrogen-bond donors (Lipinski definition) is 2. The van der Waals surface area contributed by atoms with Gasteiger partial charge in [0.1, 0.15) is 5.60 Å². The van der Waals surface area contributed by atoms with Crippen molar-refractivity contribution in [3.8, 4) is 0 Å². The Labute approximate surface area is 149 Å². The molecule has 0 fully saturated rings. The molecule has 5 nitrogen and oxygen atoms in total. The summed E-state index contributed by atoms with van der Waals surface area (Å²) in [6.07, 6.45) is 1.27. The molecule has 0 spiro atoms. The van der Waals surface area contributed by atoms with Gasteiger partial charge in [0.2, 0.25) is 6.29 Å². The van der Waals surface area contributed by atoms with E-state index in [1.54, 1.807) is 0 Å². The maximum absolute atomic E-state index is 11.3. The number of nitrogens with one attached hydrogen (secondary N) is 2. The summed E-state index contributed by atoms with van der Waals surface area (Å²) >= 11 is 0. The highest BCUT2D eigenvalue weighted by Gasteiger charge is 2.24. The van der Waals surface area contributed by atoms with E-state index in [1.807, 2.05) is 20.8 Å². The maximum Gasteiger partial charge on any atom is 0.446 e. The zero-order valence-corrected chi connectivity index (χ0v) is 15.8. The van der Waals surface area contributed by atoms with Crippen molar-refractivity contribution in [1.82, 2.24) is 10.6 Å². The number of hydrogen-bond acceptors (Lipinski definition) is 4. The summed E-state index contributed by atoms with van der Waals surface area (Å²) in [7, 11) is 0. The summed E-state index contributed by atoms with van der Waals surface area (Å²) in [6.45, 7) is 10.7. The molecule has 0 unspecified atom stereocenters. The predicted molar refractivity (Wildman–Crippen MR) is 92.6 cm³/mol. The highest BCUT2D eigenvalue weighted by Crippen LogP contribution is 2.08. The van der Waals surface area contributed by atoms with Crippen LogP contribution in [0.2, 0.25) is 0 Å². The zero-order valence-electron chi connectivity index (χ0n) is 15.8. The second-order valence-electron chi connectivity index (χ2n) is 6.61. The molecule has 0 radical (unpaired) electrons. The molecule has 2 N–H and O–H groups in total. The van der Waals surface area contributed by atoms with Crippen LogP contribution in [0.3, 0.4) is 0 Å². The number of alkyl carbamates (subject to hydrolysis) is 1. The second-order valence-corrected chi connectivity index (χ2v) is 6.61. The lowest BCUT2D eigenvalue weighted by atomic mass is 10.2. The van der Waals surface area contributed by atoms with E-state index in [2.05, 4.69) is 17.6 Å². The molecule has 1 amide bonds. The van der Waals surface area contributed by atoms with Crippen molar-refractivity contribution < 1.29 is 27.5 Å². The fourth-order valence-corrected chi connectivity index (χ4v) is 1.68. The van der Waals surface area contributed by atoms with Crippen molar-refractivity contribution in [2.75, 3.05) is 19.6 Å². The SMILES string of the molecule is CCCCCCNCCCCNC(=O)OC(C)(C)C.O=CC(F)(F)F. The van der Waals surface area contributed by atoms with Crippen molar-refractivity contribution in [3.05, 3.63) is 0 Å². The molecule has 8 heteroatoms. The average Bonchev–Trinajstić information content (AvgIpc) is 2.47. The normalized spacial score (nSPS) is 11.3. The zero-order chi connectivity index (χ0) is 19.8.